The zero-order valence-electron chi connectivity index (χ0n) is 16.4. The number of amides is 1. The number of piperidine rings is 1. The number of methoxy groups -OCH3 is 1. The van der Waals surface area contributed by atoms with Crippen LogP contribution >= 0.6 is 0 Å². The third-order valence-electron chi connectivity index (χ3n) is 5.10. The molecular weight excluding hydrogens is 376 g/mol. The van der Waals surface area contributed by atoms with E-state index < -0.39 is 10.0 Å². The Morgan fingerprint density at radius 1 is 1.07 bits per heavy atom. The molecule has 1 aliphatic heterocycles. The van der Waals surface area contributed by atoms with Crippen LogP contribution in [0.5, 0.6) is 5.75 Å². The number of carbonyl (C=O) groups is 1. The maximum absolute atomic E-state index is 13.0. The minimum atomic E-state index is -3.52. The van der Waals surface area contributed by atoms with E-state index in [0.29, 0.717) is 42.1 Å². The largest absolute Gasteiger partial charge is 0.497 e. The third kappa shape index (κ3) is 4.36. The van der Waals surface area contributed by atoms with E-state index in [2.05, 4.69) is 5.32 Å². The van der Waals surface area contributed by atoms with Crippen molar-refractivity contribution in [2.45, 2.75) is 37.6 Å². The molecule has 2 aromatic carbocycles. The number of sulfonamides is 1. The monoisotopic (exact) mass is 402 g/mol. The minimum absolute atomic E-state index is 0.0420. The van der Waals surface area contributed by atoms with Gasteiger partial charge >= 0.3 is 0 Å². The SMILES string of the molecule is COc1ccc(C(=O)NC2CCN(S(=O)(=O)c3cc(C)ccc3C)CC2)cc1. The van der Waals surface area contributed by atoms with E-state index in [9.17, 15) is 13.2 Å². The van der Waals surface area contributed by atoms with Gasteiger partial charge in [0.25, 0.3) is 5.91 Å². The van der Waals surface area contributed by atoms with Crippen LogP contribution in [0.25, 0.3) is 0 Å². The van der Waals surface area contributed by atoms with Gasteiger partial charge in [0.15, 0.2) is 0 Å². The smallest absolute Gasteiger partial charge is 0.251 e. The van der Waals surface area contributed by atoms with Crippen LogP contribution in [0, 0.1) is 13.8 Å². The summed E-state index contributed by atoms with van der Waals surface area (Å²) in [6, 6.07) is 12.4. The molecule has 1 N–H and O–H groups in total. The Labute approximate surface area is 166 Å². The number of nitrogens with one attached hydrogen (secondary N) is 1. The summed E-state index contributed by atoms with van der Waals surface area (Å²) in [6.45, 7) is 4.49. The average Bonchev–Trinajstić information content (AvgIpc) is 2.70. The number of nitrogens with zero attached hydrogens (tertiary/aromatic N) is 1. The van der Waals surface area contributed by atoms with Crippen LogP contribution in [-0.2, 0) is 10.0 Å². The normalized spacial score (nSPS) is 16.0. The molecule has 2 aromatic rings. The molecule has 0 radical (unpaired) electrons. The Balaban J connectivity index is 1.62. The second-order valence-electron chi connectivity index (χ2n) is 7.15. The molecule has 1 fully saturated rings. The predicted octanol–water partition coefficient (Wildman–Crippen LogP) is 2.90. The molecule has 0 unspecified atom stereocenters. The van der Waals surface area contributed by atoms with E-state index in [0.717, 1.165) is 11.1 Å². The number of rotatable bonds is 5. The lowest BCUT2D eigenvalue weighted by Gasteiger charge is -2.32. The van der Waals surface area contributed by atoms with Gasteiger partial charge in [-0.1, -0.05) is 12.1 Å². The van der Waals surface area contributed by atoms with Crippen LogP contribution in [-0.4, -0.2) is 44.9 Å². The Kier molecular flexibility index (Phi) is 6.05. The van der Waals surface area contributed by atoms with E-state index in [1.165, 1.54) is 4.31 Å². The summed E-state index contributed by atoms with van der Waals surface area (Å²) in [6.07, 6.45) is 1.18. The Bertz CT molecular complexity index is 947. The van der Waals surface area contributed by atoms with Crippen molar-refractivity contribution in [3.8, 4) is 5.75 Å². The van der Waals surface area contributed by atoms with E-state index in [1.807, 2.05) is 26.0 Å². The summed E-state index contributed by atoms with van der Waals surface area (Å²) < 4.78 is 32.6. The zero-order chi connectivity index (χ0) is 20.3. The molecule has 0 saturated carbocycles. The molecule has 1 heterocycles. The van der Waals surface area contributed by atoms with Gasteiger partial charge in [-0.25, -0.2) is 8.42 Å². The lowest BCUT2D eigenvalue weighted by atomic mass is 10.1. The highest BCUT2D eigenvalue weighted by Gasteiger charge is 2.31. The Morgan fingerprint density at radius 2 is 1.71 bits per heavy atom. The van der Waals surface area contributed by atoms with Crippen molar-refractivity contribution in [2.75, 3.05) is 20.2 Å². The minimum Gasteiger partial charge on any atom is -0.497 e. The van der Waals surface area contributed by atoms with Gasteiger partial charge in [-0.05, 0) is 68.1 Å². The highest BCUT2D eigenvalue weighted by molar-refractivity contribution is 7.89. The molecule has 0 atom stereocenters. The molecule has 0 spiro atoms. The van der Waals surface area contributed by atoms with Crippen LogP contribution in [0.15, 0.2) is 47.4 Å². The summed E-state index contributed by atoms with van der Waals surface area (Å²) in [5, 5.41) is 3.00. The van der Waals surface area contributed by atoms with E-state index >= 15 is 0 Å². The second kappa shape index (κ2) is 8.32. The lowest BCUT2D eigenvalue weighted by Crippen LogP contribution is -2.46. The van der Waals surface area contributed by atoms with Crippen molar-refractivity contribution in [1.82, 2.24) is 9.62 Å². The zero-order valence-corrected chi connectivity index (χ0v) is 17.3. The molecule has 1 saturated heterocycles. The first-order chi connectivity index (χ1) is 13.3. The van der Waals surface area contributed by atoms with E-state index in [1.54, 1.807) is 37.4 Å². The highest BCUT2D eigenvalue weighted by Crippen LogP contribution is 2.24. The summed E-state index contributed by atoms with van der Waals surface area (Å²) in [5.41, 5.74) is 2.23. The molecule has 0 aliphatic carbocycles. The van der Waals surface area contributed by atoms with Gasteiger partial charge < -0.3 is 10.1 Å². The summed E-state index contributed by atoms with van der Waals surface area (Å²) in [7, 11) is -1.94. The van der Waals surface area contributed by atoms with Crippen LogP contribution in [0.4, 0.5) is 0 Å². The predicted molar refractivity (Wildman–Crippen MR) is 108 cm³/mol. The number of benzene rings is 2. The van der Waals surface area contributed by atoms with Crippen molar-refractivity contribution in [1.29, 1.82) is 0 Å². The highest BCUT2D eigenvalue weighted by atomic mass is 32.2. The van der Waals surface area contributed by atoms with Gasteiger partial charge in [0.05, 0.1) is 12.0 Å². The van der Waals surface area contributed by atoms with Crippen molar-refractivity contribution >= 4 is 15.9 Å². The summed E-state index contributed by atoms with van der Waals surface area (Å²) in [5.74, 6) is 0.542. The number of hydrogen-bond acceptors (Lipinski definition) is 4. The second-order valence-corrected chi connectivity index (χ2v) is 9.06. The standard InChI is InChI=1S/C21H26N2O4S/c1-15-4-5-16(2)20(14-15)28(25,26)23-12-10-18(11-13-23)22-21(24)17-6-8-19(27-3)9-7-17/h4-9,14,18H,10-13H2,1-3H3,(H,22,24). The Hall–Kier alpha value is -2.38. The first-order valence-electron chi connectivity index (χ1n) is 9.33. The fraction of sp³-hybridized carbons (Fsp3) is 0.381. The average molecular weight is 403 g/mol. The molecule has 3 rings (SSSR count). The van der Waals surface area contributed by atoms with Gasteiger partial charge in [0.2, 0.25) is 10.0 Å². The molecule has 7 heteroatoms. The van der Waals surface area contributed by atoms with Gasteiger partial charge in [-0.3, -0.25) is 4.79 Å². The molecule has 0 aromatic heterocycles. The lowest BCUT2D eigenvalue weighted by molar-refractivity contribution is 0.0924. The first-order valence-corrected chi connectivity index (χ1v) is 10.8. The van der Waals surface area contributed by atoms with Crippen LogP contribution in [0.2, 0.25) is 0 Å². The molecular formula is C21H26N2O4S. The number of carbonyl (C=O) groups excluding carboxylic acids is 1. The van der Waals surface area contributed by atoms with Gasteiger partial charge in [0, 0.05) is 24.7 Å². The molecule has 1 aliphatic rings. The van der Waals surface area contributed by atoms with Crippen LogP contribution in [0.3, 0.4) is 0 Å². The van der Waals surface area contributed by atoms with Gasteiger partial charge in [0.1, 0.15) is 5.75 Å². The summed E-state index contributed by atoms with van der Waals surface area (Å²) in [4.78, 5) is 12.8. The molecule has 28 heavy (non-hydrogen) atoms. The third-order valence-corrected chi connectivity index (χ3v) is 7.14. The fourth-order valence-corrected chi connectivity index (χ4v) is 5.16. The number of hydrogen-bond donors (Lipinski definition) is 1. The molecule has 150 valence electrons. The Morgan fingerprint density at radius 3 is 2.32 bits per heavy atom. The van der Waals surface area contributed by atoms with E-state index in [-0.39, 0.29) is 11.9 Å². The maximum atomic E-state index is 13.0. The van der Waals surface area contributed by atoms with E-state index in [4.69, 9.17) is 4.74 Å². The van der Waals surface area contributed by atoms with Crippen molar-refractivity contribution in [2.24, 2.45) is 0 Å². The van der Waals surface area contributed by atoms with Crippen LogP contribution in [0.1, 0.15) is 34.3 Å². The quantitative estimate of drug-likeness (QED) is 0.834. The number of ether oxygens (including phenoxy) is 1. The molecule has 6 nitrogen and oxygen atoms in total. The maximum Gasteiger partial charge on any atom is 0.251 e. The topological polar surface area (TPSA) is 75.7 Å². The number of aryl methyl sites for hydroxylation is 2. The van der Waals surface area contributed by atoms with Gasteiger partial charge in [-0.2, -0.15) is 4.31 Å². The van der Waals surface area contributed by atoms with Crippen molar-refractivity contribution < 1.29 is 17.9 Å². The summed E-state index contributed by atoms with van der Waals surface area (Å²) >= 11 is 0. The van der Waals surface area contributed by atoms with Crippen LogP contribution < -0.4 is 10.1 Å². The van der Waals surface area contributed by atoms with Crippen molar-refractivity contribution in [3.05, 3.63) is 59.2 Å². The van der Waals surface area contributed by atoms with Crippen molar-refractivity contribution in [3.63, 3.8) is 0 Å². The van der Waals surface area contributed by atoms with Gasteiger partial charge in [-0.15, -0.1) is 0 Å². The fourth-order valence-electron chi connectivity index (χ4n) is 3.38. The molecule has 1 amide bonds. The first kappa shape index (κ1) is 20.4. The molecule has 0 bridgehead atoms.